The van der Waals surface area contributed by atoms with Crippen LogP contribution in [0.4, 0.5) is 0 Å². The Labute approximate surface area is 68.7 Å². The third-order valence-corrected chi connectivity index (χ3v) is 3.31. The number of fused-ring (bicyclic) bond motifs is 1. The van der Waals surface area contributed by atoms with Crippen molar-refractivity contribution in [1.29, 1.82) is 0 Å². The Kier molecular flexibility index (Phi) is 1.90. The lowest BCUT2D eigenvalue weighted by Gasteiger charge is -2.32. The van der Waals surface area contributed by atoms with E-state index in [1.54, 1.807) is 0 Å². The Morgan fingerprint density at radius 1 is 1.27 bits per heavy atom. The van der Waals surface area contributed by atoms with Gasteiger partial charge in [-0.15, -0.1) is 0 Å². The van der Waals surface area contributed by atoms with Crippen molar-refractivity contribution in [2.45, 2.75) is 25.3 Å². The van der Waals surface area contributed by atoms with Crippen molar-refractivity contribution < 1.29 is 0 Å². The van der Waals surface area contributed by atoms with Crippen molar-refractivity contribution >= 4 is 0 Å². The average molecular weight is 154 g/mol. The lowest BCUT2D eigenvalue weighted by atomic mass is 9.89. The van der Waals surface area contributed by atoms with Crippen molar-refractivity contribution in [1.82, 2.24) is 4.90 Å². The molecule has 1 heterocycles. The van der Waals surface area contributed by atoms with Gasteiger partial charge in [-0.2, -0.15) is 0 Å². The van der Waals surface area contributed by atoms with Crippen molar-refractivity contribution in [2.24, 2.45) is 17.6 Å². The Morgan fingerprint density at radius 3 is 2.82 bits per heavy atom. The maximum atomic E-state index is 5.92. The van der Waals surface area contributed by atoms with Crippen molar-refractivity contribution in [3.63, 3.8) is 0 Å². The first-order chi connectivity index (χ1) is 5.25. The van der Waals surface area contributed by atoms with E-state index < -0.39 is 0 Å². The zero-order chi connectivity index (χ0) is 7.84. The average Bonchev–Trinajstić information content (AvgIpc) is 2.27. The van der Waals surface area contributed by atoms with E-state index in [9.17, 15) is 0 Å². The highest BCUT2D eigenvalue weighted by Crippen LogP contribution is 2.36. The molecule has 1 aliphatic heterocycles. The molecule has 2 N–H and O–H groups in total. The van der Waals surface area contributed by atoms with Gasteiger partial charge in [0.2, 0.25) is 0 Å². The second kappa shape index (κ2) is 2.76. The van der Waals surface area contributed by atoms with Crippen LogP contribution in [0.2, 0.25) is 0 Å². The summed E-state index contributed by atoms with van der Waals surface area (Å²) in [4.78, 5) is 2.44. The summed E-state index contributed by atoms with van der Waals surface area (Å²) >= 11 is 0. The van der Waals surface area contributed by atoms with Gasteiger partial charge >= 0.3 is 0 Å². The highest BCUT2D eigenvalue weighted by atomic mass is 15.1. The van der Waals surface area contributed by atoms with Gasteiger partial charge in [0.25, 0.3) is 0 Å². The van der Waals surface area contributed by atoms with E-state index in [0.29, 0.717) is 6.04 Å². The molecule has 2 fully saturated rings. The third-order valence-electron chi connectivity index (χ3n) is 3.31. The summed E-state index contributed by atoms with van der Waals surface area (Å²) < 4.78 is 0. The fourth-order valence-corrected chi connectivity index (χ4v) is 2.71. The zero-order valence-corrected chi connectivity index (χ0v) is 7.29. The quantitative estimate of drug-likeness (QED) is 0.556. The predicted octanol–water partition coefficient (Wildman–Crippen LogP) is 0.675. The molecule has 3 atom stereocenters. The summed E-state index contributed by atoms with van der Waals surface area (Å²) in [6.07, 6.45) is 3.95. The van der Waals surface area contributed by atoms with Crippen molar-refractivity contribution in [3.05, 3.63) is 0 Å². The van der Waals surface area contributed by atoms with Crippen LogP contribution < -0.4 is 5.73 Å². The van der Waals surface area contributed by atoms with Gasteiger partial charge < -0.3 is 10.6 Å². The molecule has 11 heavy (non-hydrogen) atoms. The molecule has 1 aliphatic carbocycles. The summed E-state index contributed by atoms with van der Waals surface area (Å²) in [5, 5.41) is 0. The minimum Gasteiger partial charge on any atom is -0.328 e. The van der Waals surface area contributed by atoms with Crippen LogP contribution in [0.15, 0.2) is 0 Å². The van der Waals surface area contributed by atoms with Gasteiger partial charge in [0, 0.05) is 12.6 Å². The van der Waals surface area contributed by atoms with Gasteiger partial charge in [-0.1, -0.05) is 0 Å². The maximum absolute atomic E-state index is 5.92. The number of piperidine rings is 1. The fraction of sp³-hybridized carbons (Fsp3) is 1.00. The molecule has 0 aromatic carbocycles. The number of hydrogen-bond donors (Lipinski definition) is 1. The van der Waals surface area contributed by atoms with Gasteiger partial charge in [-0.25, -0.2) is 0 Å². The van der Waals surface area contributed by atoms with E-state index in [1.165, 1.54) is 32.4 Å². The molecule has 64 valence electrons. The second-order valence-corrected chi connectivity index (χ2v) is 4.30. The lowest BCUT2D eigenvalue weighted by molar-refractivity contribution is 0.166. The van der Waals surface area contributed by atoms with Crippen LogP contribution in [0.25, 0.3) is 0 Å². The van der Waals surface area contributed by atoms with Crippen molar-refractivity contribution in [3.8, 4) is 0 Å². The summed E-state index contributed by atoms with van der Waals surface area (Å²) in [6, 6.07) is 0.511. The molecule has 2 rings (SSSR count). The Bertz CT molecular complexity index is 146. The smallest absolute Gasteiger partial charge is 0.00448 e. The Morgan fingerprint density at radius 2 is 2.00 bits per heavy atom. The van der Waals surface area contributed by atoms with Crippen LogP contribution in [0.5, 0.6) is 0 Å². The van der Waals surface area contributed by atoms with Gasteiger partial charge in [-0.3, -0.25) is 0 Å². The van der Waals surface area contributed by atoms with E-state index >= 15 is 0 Å². The lowest BCUT2D eigenvalue weighted by Crippen LogP contribution is -2.35. The molecule has 0 bridgehead atoms. The van der Waals surface area contributed by atoms with Crippen LogP contribution in [-0.4, -0.2) is 31.1 Å². The predicted molar refractivity (Wildman–Crippen MR) is 46.3 cm³/mol. The molecule has 0 amide bonds. The standard InChI is InChI=1S/C9H18N2/c1-11-3-2-7-4-9(10)5-8(7)6-11/h7-9H,2-6,10H2,1H3/t7?,8?,9-/m0/s1. The first-order valence-corrected chi connectivity index (χ1v) is 4.70. The molecule has 2 heteroatoms. The first kappa shape index (κ1) is 7.56. The molecule has 1 saturated heterocycles. The Balaban J connectivity index is 1.97. The molecule has 2 unspecified atom stereocenters. The summed E-state index contributed by atoms with van der Waals surface area (Å²) in [7, 11) is 2.22. The normalized spacial score (nSPS) is 45.8. The molecule has 0 aromatic rings. The number of nitrogens with two attached hydrogens (primary N) is 1. The SMILES string of the molecule is CN1CCC2C[C@H](N)CC2C1. The van der Waals surface area contributed by atoms with Crippen LogP contribution >= 0.6 is 0 Å². The molecule has 1 saturated carbocycles. The van der Waals surface area contributed by atoms with Crippen LogP contribution in [0.1, 0.15) is 19.3 Å². The molecule has 0 spiro atoms. The third kappa shape index (κ3) is 1.42. The minimum atomic E-state index is 0.511. The highest BCUT2D eigenvalue weighted by Gasteiger charge is 2.35. The summed E-state index contributed by atoms with van der Waals surface area (Å²) in [6.45, 7) is 2.58. The maximum Gasteiger partial charge on any atom is 0.00448 e. The highest BCUT2D eigenvalue weighted by molar-refractivity contribution is 4.89. The largest absolute Gasteiger partial charge is 0.328 e. The minimum absolute atomic E-state index is 0.511. The first-order valence-electron chi connectivity index (χ1n) is 4.70. The second-order valence-electron chi connectivity index (χ2n) is 4.30. The van der Waals surface area contributed by atoms with Crippen LogP contribution in [0, 0.1) is 11.8 Å². The zero-order valence-electron chi connectivity index (χ0n) is 7.29. The summed E-state index contributed by atoms with van der Waals surface area (Å²) in [5.74, 6) is 1.88. The molecule has 2 nitrogen and oxygen atoms in total. The number of likely N-dealkylation sites (tertiary alicyclic amines) is 1. The molecule has 0 aromatic heterocycles. The number of rotatable bonds is 0. The van der Waals surface area contributed by atoms with Gasteiger partial charge in [0.1, 0.15) is 0 Å². The van der Waals surface area contributed by atoms with Crippen molar-refractivity contribution in [2.75, 3.05) is 20.1 Å². The van der Waals surface area contributed by atoms with Gasteiger partial charge in [-0.05, 0) is 44.7 Å². The van der Waals surface area contributed by atoms with Crippen LogP contribution in [0.3, 0.4) is 0 Å². The van der Waals surface area contributed by atoms with Gasteiger partial charge in [0.05, 0.1) is 0 Å². The van der Waals surface area contributed by atoms with Crippen LogP contribution in [-0.2, 0) is 0 Å². The Hall–Kier alpha value is -0.0800. The van der Waals surface area contributed by atoms with Gasteiger partial charge in [0.15, 0.2) is 0 Å². The molecular weight excluding hydrogens is 136 g/mol. The van der Waals surface area contributed by atoms with E-state index in [-0.39, 0.29) is 0 Å². The van der Waals surface area contributed by atoms with E-state index in [0.717, 1.165) is 11.8 Å². The van der Waals surface area contributed by atoms with E-state index in [4.69, 9.17) is 5.73 Å². The molecular formula is C9H18N2. The monoisotopic (exact) mass is 154 g/mol. The molecule has 2 aliphatic rings. The van der Waals surface area contributed by atoms with E-state index in [1.807, 2.05) is 0 Å². The summed E-state index contributed by atoms with van der Waals surface area (Å²) in [5.41, 5.74) is 5.92. The number of nitrogens with zero attached hydrogens (tertiary/aromatic N) is 1. The van der Waals surface area contributed by atoms with E-state index in [2.05, 4.69) is 11.9 Å². The number of hydrogen-bond acceptors (Lipinski definition) is 2. The fourth-order valence-electron chi connectivity index (χ4n) is 2.71. The molecule has 0 radical (unpaired) electrons. The topological polar surface area (TPSA) is 29.3 Å².